The number of morpholine rings is 1. The van der Waals surface area contributed by atoms with Crippen LogP contribution in [0.25, 0.3) is 5.69 Å². The SMILES string of the molecule is COc1ccc(S(=O)(=O)N2CCOCC2)cc1C(=O)NCCCc1cn(-c2ccccc2)nc1C. The molecule has 2 aromatic carbocycles. The van der Waals surface area contributed by atoms with E-state index in [2.05, 4.69) is 10.4 Å². The zero-order valence-electron chi connectivity index (χ0n) is 19.9. The fraction of sp³-hybridized carbons (Fsp3) is 0.360. The first-order valence-corrected chi connectivity index (χ1v) is 13.0. The lowest BCUT2D eigenvalue weighted by molar-refractivity contribution is 0.0730. The molecule has 1 aliphatic rings. The summed E-state index contributed by atoms with van der Waals surface area (Å²) in [6.45, 7) is 3.68. The molecule has 0 bridgehead atoms. The van der Waals surface area contributed by atoms with Gasteiger partial charge in [0.15, 0.2) is 0 Å². The van der Waals surface area contributed by atoms with Gasteiger partial charge in [0.25, 0.3) is 5.91 Å². The number of sulfonamides is 1. The number of nitrogens with one attached hydrogen (secondary N) is 1. The maximum atomic E-state index is 13.0. The molecule has 1 aromatic heterocycles. The van der Waals surface area contributed by atoms with Gasteiger partial charge in [-0.1, -0.05) is 18.2 Å². The van der Waals surface area contributed by atoms with Crippen molar-refractivity contribution in [3.63, 3.8) is 0 Å². The predicted octanol–water partition coefficient (Wildman–Crippen LogP) is 2.57. The summed E-state index contributed by atoms with van der Waals surface area (Å²) in [6, 6.07) is 14.3. The molecule has 9 nitrogen and oxygen atoms in total. The molecule has 0 radical (unpaired) electrons. The number of carbonyl (C=O) groups excluding carboxylic acids is 1. The van der Waals surface area contributed by atoms with E-state index in [1.807, 2.05) is 48.1 Å². The minimum atomic E-state index is -3.72. The van der Waals surface area contributed by atoms with Gasteiger partial charge >= 0.3 is 0 Å². The molecular formula is C25H30N4O5S. The fourth-order valence-corrected chi connectivity index (χ4v) is 5.43. The van der Waals surface area contributed by atoms with Crippen LogP contribution in [0.1, 0.15) is 28.0 Å². The summed E-state index contributed by atoms with van der Waals surface area (Å²) in [4.78, 5) is 13.0. The van der Waals surface area contributed by atoms with Crippen LogP contribution >= 0.6 is 0 Å². The van der Waals surface area contributed by atoms with E-state index < -0.39 is 10.0 Å². The largest absolute Gasteiger partial charge is 0.496 e. The summed E-state index contributed by atoms with van der Waals surface area (Å²) in [5, 5.41) is 7.47. The van der Waals surface area contributed by atoms with Crippen molar-refractivity contribution in [1.82, 2.24) is 19.4 Å². The van der Waals surface area contributed by atoms with Crippen LogP contribution in [0.3, 0.4) is 0 Å². The number of amides is 1. The van der Waals surface area contributed by atoms with Crippen molar-refractivity contribution in [3.8, 4) is 11.4 Å². The van der Waals surface area contributed by atoms with Crippen LogP contribution in [0.15, 0.2) is 59.6 Å². The van der Waals surface area contributed by atoms with Gasteiger partial charge < -0.3 is 14.8 Å². The minimum absolute atomic E-state index is 0.0642. The summed E-state index contributed by atoms with van der Waals surface area (Å²) in [5.74, 6) is -0.0546. The molecule has 1 N–H and O–H groups in total. The third-order valence-electron chi connectivity index (χ3n) is 5.95. The summed E-state index contributed by atoms with van der Waals surface area (Å²) in [7, 11) is -2.27. The van der Waals surface area contributed by atoms with Gasteiger partial charge in [0, 0.05) is 25.8 Å². The van der Waals surface area contributed by atoms with Gasteiger partial charge in [0.2, 0.25) is 10.0 Å². The average molecular weight is 499 g/mol. The average Bonchev–Trinajstić information content (AvgIpc) is 3.27. The van der Waals surface area contributed by atoms with Crippen LogP contribution in [-0.2, 0) is 21.2 Å². The molecule has 0 aliphatic carbocycles. The zero-order valence-corrected chi connectivity index (χ0v) is 20.8. The summed E-state index contributed by atoms with van der Waals surface area (Å²) < 4.78 is 39.8. The lowest BCUT2D eigenvalue weighted by atomic mass is 10.1. The van der Waals surface area contributed by atoms with Crippen LogP contribution in [0.2, 0.25) is 0 Å². The van der Waals surface area contributed by atoms with Gasteiger partial charge in [0.05, 0.1) is 42.2 Å². The van der Waals surface area contributed by atoms with Crippen molar-refractivity contribution in [2.45, 2.75) is 24.7 Å². The van der Waals surface area contributed by atoms with Crippen molar-refractivity contribution in [3.05, 3.63) is 71.5 Å². The van der Waals surface area contributed by atoms with Gasteiger partial charge in [-0.3, -0.25) is 4.79 Å². The Bertz CT molecular complexity index is 1270. The standard InChI is InChI=1S/C25H30N4O5S/c1-19-20(18-29(27-19)21-8-4-3-5-9-21)7-6-12-26-25(30)23-17-22(10-11-24(23)33-2)35(31,32)28-13-15-34-16-14-28/h3-5,8-11,17-18H,6-7,12-16H2,1-2H3,(H,26,30). The topological polar surface area (TPSA) is 103 Å². The van der Waals surface area contributed by atoms with E-state index >= 15 is 0 Å². The van der Waals surface area contributed by atoms with Crippen LogP contribution < -0.4 is 10.1 Å². The first-order valence-electron chi connectivity index (χ1n) is 11.5. The number of aromatic nitrogens is 2. The molecule has 2 heterocycles. The van der Waals surface area contributed by atoms with Gasteiger partial charge in [-0.15, -0.1) is 0 Å². The van der Waals surface area contributed by atoms with Gasteiger partial charge in [-0.25, -0.2) is 13.1 Å². The Balaban J connectivity index is 1.39. The molecule has 186 valence electrons. The maximum absolute atomic E-state index is 13.0. The first-order chi connectivity index (χ1) is 16.9. The van der Waals surface area contributed by atoms with E-state index in [9.17, 15) is 13.2 Å². The monoisotopic (exact) mass is 498 g/mol. The Labute approximate surface area is 205 Å². The number of nitrogens with zero attached hydrogens (tertiary/aromatic N) is 3. The number of methoxy groups -OCH3 is 1. The van der Waals surface area contributed by atoms with Crippen LogP contribution in [0.5, 0.6) is 5.75 Å². The molecule has 10 heteroatoms. The van der Waals surface area contributed by atoms with E-state index in [-0.39, 0.29) is 29.5 Å². The second kappa shape index (κ2) is 11.0. The number of aryl methyl sites for hydroxylation is 2. The highest BCUT2D eigenvalue weighted by molar-refractivity contribution is 7.89. The predicted molar refractivity (Wildman–Crippen MR) is 132 cm³/mol. The molecule has 1 amide bonds. The van der Waals surface area contributed by atoms with Crippen molar-refractivity contribution < 1.29 is 22.7 Å². The Morgan fingerprint density at radius 3 is 2.60 bits per heavy atom. The first kappa shape index (κ1) is 24.9. The fourth-order valence-electron chi connectivity index (χ4n) is 3.99. The quantitative estimate of drug-likeness (QED) is 0.455. The van der Waals surface area contributed by atoms with Gasteiger partial charge in [-0.05, 0) is 55.7 Å². The van der Waals surface area contributed by atoms with Crippen molar-refractivity contribution >= 4 is 15.9 Å². The van der Waals surface area contributed by atoms with E-state index in [1.54, 1.807) is 0 Å². The van der Waals surface area contributed by atoms with Crippen molar-refractivity contribution in [1.29, 1.82) is 0 Å². The molecule has 1 aliphatic heterocycles. The van der Waals surface area contributed by atoms with E-state index in [0.717, 1.165) is 23.4 Å². The number of hydrogen-bond donors (Lipinski definition) is 1. The molecule has 3 aromatic rings. The Morgan fingerprint density at radius 1 is 1.14 bits per heavy atom. The Hall–Kier alpha value is -3.21. The van der Waals surface area contributed by atoms with E-state index in [1.165, 1.54) is 29.6 Å². The summed E-state index contributed by atoms with van der Waals surface area (Å²) >= 11 is 0. The van der Waals surface area contributed by atoms with Crippen molar-refractivity contribution in [2.75, 3.05) is 40.0 Å². The second-order valence-corrected chi connectivity index (χ2v) is 10.2. The summed E-state index contributed by atoms with van der Waals surface area (Å²) in [5.41, 5.74) is 3.24. The molecule has 1 saturated heterocycles. The number of para-hydroxylation sites is 1. The number of hydrogen-bond acceptors (Lipinski definition) is 6. The molecule has 0 unspecified atom stereocenters. The van der Waals surface area contributed by atoms with Gasteiger partial charge in [0.1, 0.15) is 5.75 Å². The summed E-state index contributed by atoms with van der Waals surface area (Å²) in [6.07, 6.45) is 3.47. The molecule has 35 heavy (non-hydrogen) atoms. The molecular weight excluding hydrogens is 468 g/mol. The second-order valence-electron chi connectivity index (χ2n) is 8.26. The molecule has 0 saturated carbocycles. The number of ether oxygens (including phenoxy) is 2. The van der Waals surface area contributed by atoms with E-state index in [0.29, 0.717) is 31.9 Å². The van der Waals surface area contributed by atoms with Crippen molar-refractivity contribution in [2.24, 2.45) is 0 Å². The number of benzene rings is 2. The highest BCUT2D eigenvalue weighted by Gasteiger charge is 2.28. The normalized spacial score (nSPS) is 14.6. The Kier molecular flexibility index (Phi) is 7.84. The van der Waals surface area contributed by atoms with E-state index in [4.69, 9.17) is 9.47 Å². The molecule has 0 atom stereocenters. The Morgan fingerprint density at radius 2 is 1.89 bits per heavy atom. The molecule has 1 fully saturated rings. The molecule has 4 rings (SSSR count). The maximum Gasteiger partial charge on any atom is 0.255 e. The molecule has 0 spiro atoms. The highest BCUT2D eigenvalue weighted by atomic mass is 32.2. The van der Waals surface area contributed by atoms with Gasteiger partial charge in [-0.2, -0.15) is 9.40 Å². The third-order valence-corrected chi connectivity index (χ3v) is 7.85. The van der Waals surface area contributed by atoms with Crippen LogP contribution in [0.4, 0.5) is 0 Å². The minimum Gasteiger partial charge on any atom is -0.496 e. The zero-order chi connectivity index (χ0) is 24.8. The number of carbonyl (C=O) groups is 1. The smallest absolute Gasteiger partial charge is 0.255 e. The van der Waals surface area contributed by atoms with Crippen LogP contribution in [0, 0.1) is 6.92 Å². The van der Waals surface area contributed by atoms with Crippen LogP contribution in [-0.4, -0.2) is 68.4 Å². The number of rotatable bonds is 9. The third kappa shape index (κ3) is 5.72. The lowest BCUT2D eigenvalue weighted by Crippen LogP contribution is -2.40. The lowest BCUT2D eigenvalue weighted by Gasteiger charge is -2.26. The highest BCUT2D eigenvalue weighted by Crippen LogP contribution is 2.25.